The highest BCUT2D eigenvalue weighted by atomic mass is 32.2. The number of nitrogens with one attached hydrogen (secondary N) is 1. The standard InChI is InChI=1S/C29H32N4O3S3/c1-21-9-11-24(12-10-21)39(35,36)32-15-13-31(14-16-32)20-27(34)33-29(26-8-4-18-38-26)25-7-2-5-22(28(25)30-33)19-23-6-3-17-37-23/h3-4,6,8-12,17-19,29-30H,2,5,7,13-16,20H2,1H3/b22-19+/t29-/m1/s1. The molecule has 39 heavy (non-hydrogen) atoms. The second-order valence-corrected chi connectivity index (χ2v) is 14.1. The summed E-state index contributed by atoms with van der Waals surface area (Å²) in [7, 11) is -3.54. The van der Waals surface area contributed by atoms with Crippen LogP contribution in [0.5, 0.6) is 0 Å². The predicted molar refractivity (Wildman–Crippen MR) is 157 cm³/mol. The fraction of sp³-hybridized carbons (Fsp3) is 0.345. The molecule has 7 nitrogen and oxygen atoms in total. The number of hydrazine groups is 1. The van der Waals surface area contributed by atoms with Gasteiger partial charge in [0.05, 0.1) is 17.1 Å². The first-order chi connectivity index (χ1) is 18.9. The Kier molecular flexibility index (Phi) is 7.47. The van der Waals surface area contributed by atoms with Gasteiger partial charge in [-0.15, -0.1) is 22.7 Å². The molecule has 10 heteroatoms. The molecule has 2 aliphatic heterocycles. The second kappa shape index (κ2) is 11.0. The molecule has 1 atom stereocenters. The number of hydrogen-bond acceptors (Lipinski definition) is 7. The van der Waals surface area contributed by atoms with Gasteiger partial charge in [0.2, 0.25) is 10.0 Å². The molecule has 1 aliphatic carbocycles. The minimum Gasteiger partial charge on any atom is -0.295 e. The number of carbonyl (C=O) groups is 1. The van der Waals surface area contributed by atoms with Crippen molar-refractivity contribution in [3.05, 3.63) is 91.5 Å². The average molecular weight is 581 g/mol. The fourth-order valence-corrected chi connectivity index (χ4v) is 8.53. The van der Waals surface area contributed by atoms with Crippen LogP contribution in [0.2, 0.25) is 0 Å². The molecule has 1 fully saturated rings. The van der Waals surface area contributed by atoms with Crippen molar-refractivity contribution in [2.75, 3.05) is 32.7 Å². The number of benzene rings is 1. The SMILES string of the molecule is Cc1ccc(S(=O)(=O)N2CCN(CC(=O)N3NC4=C(CCC/C4=C\c4cccs4)[C@@H]3c3cccs3)CC2)cc1. The molecule has 1 amide bonds. The van der Waals surface area contributed by atoms with Gasteiger partial charge in [0, 0.05) is 35.9 Å². The minimum absolute atomic E-state index is 0.00751. The zero-order chi connectivity index (χ0) is 27.0. The van der Waals surface area contributed by atoms with E-state index < -0.39 is 10.0 Å². The van der Waals surface area contributed by atoms with E-state index in [0.717, 1.165) is 35.4 Å². The molecule has 0 spiro atoms. The molecule has 1 N–H and O–H groups in total. The van der Waals surface area contributed by atoms with Crippen molar-refractivity contribution in [3.8, 4) is 0 Å². The van der Waals surface area contributed by atoms with E-state index in [9.17, 15) is 13.2 Å². The van der Waals surface area contributed by atoms with Gasteiger partial charge in [-0.25, -0.2) is 13.4 Å². The van der Waals surface area contributed by atoms with Gasteiger partial charge in [0.25, 0.3) is 5.91 Å². The zero-order valence-electron chi connectivity index (χ0n) is 21.9. The molecule has 0 radical (unpaired) electrons. The molecule has 2 aromatic heterocycles. The molecule has 1 aromatic carbocycles. The van der Waals surface area contributed by atoms with E-state index in [4.69, 9.17) is 0 Å². The predicted octanol–water partition coefficient (Wildman–Crippen LogP) is 5.03. The minimum atomic E-state index is -3.54. The first-order valence-electron chi connectivity index (χ1n) is 13.3. The lowest BCUT2D eigenvalue weighted by Crippen LogP contribution is -2.52. The van der Waals surface area contributed by atoms with Crippen molar-refractivity contribution in [2.24, 2.45) is 0 Å². The zero-order valence-corrected chi connectivity index (χ0v) is 24.3. The van der Waals surface area contributed by atoms with Gasteiger partial charge in [-0.1, -0.05) is 29.8 Å². The Morgan fingerprint density at radius 3 is 2.44 bits per heavy atom. The Bertz CT molecular complexity index is 1490. The monoisotopic (exact) mass is 580 g/mol. The van der Waals surface area contributed by atoms with Crippen molar-refractivity contribution in [2.45, 2.75) is 37.1 Å². The topological polar surface area (TPSA) is 73.0 Å². The summed E-state index contributed by atoms with van der Waals surface area (Å²) in [6, 6.07) is 15.2. The summed E-state index contributed by atoms with van der Waals surface area (Å²) < 4.78 is 27.8. The largest absolute Gasteiger partial charge is 0.295 e. The summed E-state index contributed by atoms with van der Waals surface area (Å²) in [6.07, 6.45) is 5.27. The van der Waals surface area contributed by atoms with Crippen LogP contribution in [-0.4, -0.2) is 61.3 Å². The first kappa shape index (κ1) is 26.5. The second-order valence-electron chi connectivity index (χ2n) is 10.2. The Morgan fingerprint density at radius 1 is 1.00 bits per heavy atom. The van der Waals surface area contributed by atoms with Gasteiger partial charge in [0.1, 0.15) is 6.04 Å². The number of hydrogen-bond donors (Lipinski definition) is 1. The lowest BCUT2D eigenvalue weighted by atomic mass is 9.88. The van der Waals surface area contributed by atoms with Crippen LogP contribution in [0.15, 0.2) is 81.0 Å². The van der Waals surface area contributed by atoms with E-state index in [1.807, 2.05) is 30.1 Å². The van der Waals surface area contributed by atoms with Crippen LogP contribution >= 0.6 is 22.7 Å². The Balaban J connectivity index is 1.16. The molecule has 0 saturated carbocycles. The van der Waals surface area contributed by atoms with Gasteiger partial charge < -0.3 is 0 Å². The molecule has 0 unspecified atom stereocenters. The van der Waals surface area contributed by atoms with Gasteiger partial charge >= 0.3 is 0 Å². The van der Waals surface area contributed by atoms with Crippen molar-refractivity contribution in [1.82, 2.24) is 19.6 Å². The smallest absolute Gasteiger partial charge is 0.255 e. The number of piperazine rings is 1. The maximum Gasteiger partial charge on any atom is 0.255 e. The quantitative estimate of drug-likeness (QED) is 0.443. The molecule has 0 bridgehead atoms. The number of carbonyl (C=O) groups excluding carboxylic acids is 1. The number of sulfonamides is 1. The molecule has 6 rings (SSSR count). The highest BCUT2D eigenvalue weighted by Gasteiger charge is 2.40. The number of allylic oxidation sites excluding steroid dienone is 1. The molecule has 4 heterocycles. The number of aryl methyl sites for hydroxylation is 1. The lowest BCUT2D eigenvalue weighted by molar-refractivity contribution is -0.136. The van der Waals surface area contributed by atoms with Gasteiger partial charge in [0.15, 0.2) is 0 Å². The summed E-state index contributed by atoms with van der Waals surface area (Å²) in [5.41, 5.74) is 8.18. The van der Waals surface area contributed by atoms with Crippen LogP contribution in [0, 0.1) is 6.92 Å². The van der Waals surface area contributed by atoms with Crippen LogP contribution in [0.4, 0.5) is 0 Å². The number of thiophene rings is 2. The van der Waals surface area contributed by atoms with Crippen LogP contribution < -0.4 is 5.43 Å². The van der Waals surface area contributed by atoms with Gasteiger partial charge in [-0.2, -0.15) is 4.31 Å². The summed E-state index contributed by atoms with van der Waals surface area (Å²) in [4.78, 5) is 18.5. The highest BCUT2D eigenvalue weighted by Crippen LogP contribution is 2.45. The van der Waals surface area contributed by atoms with Crippen LogP contribution in [-0.2, 0) is 14.8 Å². The van der Waals surface area contributed by atoms with Crippen molar-refractivity contribution in [1.29, 1.82) is 0 Å². The van der Waals surface area contributed by atoms with Crippen molar-refractivity contribution in [3.63, 3.8) is 0 Å². The van der Waals surface area contributed by atoms with Gasteiger partial charge in [-0.3, -0.25) is 15.1 Å². The van der Waals surface area contributed by atoms with Crippen LogP contribution in [0.3, 0.4) is 0 Å². The van der Waals surface area contributed by atoms with E-state index in [-0.39, 0.29) is 18.5 Å². The Morgan fingerprint density at radius 2 is 1.74 bits per heavy atom. The number of rotatable bonds is 6. The van der Waals surface area contributed by atoms with E-state index in [1.165, 1.54) is 20.3 Å². The van der Waals surface area contributed by atoms with E-state index in [2.05, 4.69) is 45.4 Å². The number of amides is 1. The third-order valence-corrected chi connectivity index (χ3v) is 11.3. The molecule has 3 aromatic rings. The summed E-state index contributed by atoms with van der Waals surface area (Å²) >= 11 is 3.40. The Hall–Kier alpha value is -2.76. The lowest BCUT2D eigenvalue weighted by Gasteiger charge is -2.35. The van der Waals surface area contributed by atoms with E-state index in [1.54, 1.807) is 34.8 Å². The summed E-state index contributed by atoms with van der Waals surface area (Å²) in [6.45, 7) is 3.96. The third kappa shape index (κ3) is 5.36. The summed E-state index contributed by atoms with van der Waals surface area (Å²) in [5, 5.41) is 5.97. The first-order valence-corrected chi connectivity index (χ1v) is 16.5. The van der Waals surface area contributed by atoms with Crippen molar-refractivity contribution < 1.29 is 13.2 Å². The molecule has 204 valence electrons. The fourth-order valence-electron chi connectivity index (χ4n) is 5.58. The normalized spacial score (nSPS) is 21.8. The van der Waals surface area contributed by atoms with Crippen LogP contribution in [0.1, 0.15) is 40.6 Å². The molecule has 3 aliphatic rings. The maximum atomic E-state index is 13.8. The molecular weight excluding hydrogens is 549 g/mol. The molecule has 1 saturated heterocycles. The third-order valence-electron chi connectivity index (χ3n) is 7.64. The highest BCUT2D eigenvalue weighted by molar-refractivity contribution is 7.89. The Labute approximate surface area is 238 Å². The van der Waals surface area contributed by atoms with Gasteiger partial charge in [-0.05, 0) is 78.4 Å². The van der Waals surface area contributed by atoms with Crippen LogP contribution in [0.25, 0.3) is 6.08 Å². The maximum absolute atomic E-state index is 13.8. The molecular formula is C29H32N4O3S3. The average Bonchev–Trinajstić information content (AvgIpc) is 3.71. The van der Waals surface area contributed by atoms with E-state index >= 15 is 0 Å². The van der Waals surface area contributed by atoms with Crippen molar-refractivity contribution >= 4 is 44.7 Å². The van der Waals surface area contributed by atoms with E-state index in [0.29, 0.717) is 31.1 Å². The number of nitrogens with zero attached hydrogens (tertiary/aromatic N) is 3. The summed E-state index contributed by atoms with van der Waals surface area (Å²) in [5.74, 6) is 0.00751.